The lowest BCUT2D eigenvalue weighted by atomic mass is 9.92. The number of aromatic hydroxyl groups is 1. The van der Waals surface area contributed by atoms with E-state index in [1.165, 1.54) is 5.56 Å². The van der Waals surface area contributed by atoms with Crippen LogP contribution in [-0.4, -0.2) is 21.9 Å². The number of rotatable bonds is 1. The van der Waals surface area contributed by atoms with Crippen molar-refractivity contribution in [3.63, 3.8) is 0 Å². The molecule has 0 spiro atoms. The molecule has 0 unspecified atom stereocenters. The molecule has 0 fully saturated rings. The highest BCUT2D eigenvalue weighted by atomic mass is 16.6. The van der Waals surface area contributed by atoms with Gasteiger partial charge in [-0.25, -0.2) is 0 Å². The van der Waals surface area contributed by atoms with Crippen LogP contribution in [0.3, 0.4) is 0 Å². The average Bonchev–Trinajstić information content (AvgIpc) is 2.80. The number of pyridine rings is 1. The molecule has 2 heterocycles. The van der Waals surface area contributed by atoms with Crippen molar-refractivity contribution < 1.29 is 9.94 Å². The zero-order chi connectivity index (χ0) is 13.7. The number of hydrogen-bond acceptors (Lipinski definition) is 3. The Kier molecular flexibility index (Phi) is 2.27. The molecular weight excluding hydrogens is 252 g/mol. The molecular formula is C16H14N2O2. The van der Waals surface area contributed by atoms with Crippen LogP contribution in [-0.2, 0) is 12.8 Å². The summed E-state index contributed by atoms with van der Waals surface area (Å²) >= 11 is 0. The van der Waals surface area contributed by atoms with Gasteiger partial charge in [-0.2, -0.15) is 4.73 Å². The Labute approximate surface area is 116 Å². The van der Waals surface area contributed by atoms with E-state index in [4.69, 9.17) is 4.84 Å². The minimum absolute atomic E-state index is 0.247. The van der Waals surface area contributed by atoms with Crippen molar-refractivity contribution in [1.29, 1.82) is 0 Å². The SMILES string of the molecule is COn1c2c(c3ccc(O)cc31)CCc1ncccc1-2. The minimum Gasteiger partial charge on any atom is -0.508 e. The summed E-state index contributed by atoms with van der Waals surface area (Å²) in [6, 6.07) is 9.45. The van der Waals surface area contributed by atoms with Gasteiger partial charge in [-0.3, -0.25) is 4.98 Å². The zero-order valence-corrected chi connectivity index (χ0v) is 11.1. The molecule has 0 saturated carbocycles. The van der Waals surface area contributed by atoms with Gasteiger partial charge in [0.15, 0.2) is 0 Å². The van der Waals surface area contributed by atoms with Crippen molar-refractivity contribution in [3.05, 3.63) is 47.8 Å². The molecule has 0 saturated heterocycles. The molecule has 4 nitrogen and oxygen atoms in total. The van der Waals surface area contributed by atoms with Crippen LogP contribution in [0.4, 0.5) is 0 Å². The maximum Gasteiger partial charge on any atom is 0.117 e. The van der Waals surface area contributed by atoms with Crippen LogP contribution in [0, 0.1) is 0 Å². The molecule has 0 bridgehead atoms. The van der Waals surface area contributed by atoms with Crippen LogP contribution in [0.5, 0.6) is 5.75 Å². The van der Waals surface area contributed by atoms with Crippen molar-refractivity contribution in [3.8, 4) is 17.0 Å². The molecule has 2 aromatic heterocycles. The second-order valence-electron chi connectivity index (χ2n) is 5.00. The normalized spacial score (nSPS) is 13.1. The largest absolute Gasteiger partial charge is 0.508 e. The number of phenolic OH excluding ortho intramolecular Hbond substituents is 1. The van der Waals surface area contributed by atoms with Gasteiger partial charge in [0.1, 0.15) is 12.9 Å². The van der Waals surface area contributed by atoms with E-state index in [1.54, 1.807) is 24.0 Å². The van der Waals surface area contributed by atoms with Crippen LogP contribution in [0.15, 0.2) is 36.5 Å². The summed E-state index contributed by atoms with van der Waals surface area (Å²) in [6.45, 7) is 0. The zero-order valence-electron chi connectivity index (χ0n) is 11.1. The highest BCUT2D eigenvalue weighted by Gasteiger charge is 2.25. The van der Waals surface area contributed by atoms with Gasteiger partial charge in [0.05, 0.1) is 16.9 Å². The lowest BCUT2D eigenvalue weighted by Gasteiger charge is -2.17. The van der Waals surface area contributed by atoms with Gasteiger partial charge in [0, 0.05) is 23.2 Å². The van der Waals surface area contributed by atoms with Crippen LogP contribution in [0.25, 0.3) is 22.2 Å². The predicted octanol–water partition coefficient (Wildman–Crippen LogP) is 2.57. The fraction of sp³-hybridized carbons (Fsp3) is 0.188. The molecule has 0 aliphatic heterocycles. The summed E-state index contributed by atoms with van der Waals surface area (Å²) < 4.78 is 1.80. The topological polar surface area (TPSA) is 47.3 Å². The second kappa shape index (κ2) is 4.00. The van der Waals surface area contributed by atoms with Crippen LogP contribution >= 0.6 is 0 Å². The maximum atomic E-state index is 9.73. The first kappa shape index (κ1) is 11.3. The third kappa shape index (κ3) is 1.39. The fourth-order valence-corrected chi connectivity index (χ4v) is 3.12. The van der Waals surface area contributed by atoms with E-state index in [-0.39, 0.29) is 5.75 Å². The fourth-order valence-electron chi connectivity index (χ4n) is 3.12. The van der Waals surface area contributed by atoms with E-state index in [9.17, 15) is 5.11 Å². The molecule has 4 heteroatoms. The summed E-state index contributed by atoms with van der Waals surface area (Å²) in [7, 11) is 1.65. The molecule has 100 valence electrons. The predicted molar refractivity (Wildman–Crippen MR) is 76.7 cm³/mol. The average molecular weight is 266 g/mol. The Hall–Kier alpha value is -2.49. The van der Waals surface area contributed by atoms with Gasteiger partial charge < -0.3 is 9.94 Å². The Morgan fingerprint density at radius 1 is 1.25 bits per heavy atom. The molecule has 0 atom stereocenters. The maximum absolute atomic E-state index is 9.73. The summed E-state index contributed by atoms with van der Waals surface area (Å²) in [5.74, 6) is 0.247. The molecule has 20 heavy (non-hydrogen) atoms. The van der Waals surface area contributed by atoms with E-state index in [0.29, 0.717) is 0 Å². The number of hydrogen-bond donors (Lipinski definition) is 1. The van der Waals surface area contributed by atoms with Gasteiger partial charge >= 0.3 is 0 Å². The van der Waals surface area contributed by atoms with Gasteiger partial charge in [-0.1, -0.05) is 0 Å². The minimum atomic E-state index is 0.247. The van der Waals surface area contributed by atoms with E-state index in [0.717, 1.165) is 40.7 Å². The number of fused-ring (bicyclic) bond motifs is 5. The first-order chi connectivity index (χ1) is 9.79. The summed E-state index contributed by atoms with van der Waals surface area (Å²) in [5.41, 5.74) is 5.44. The van der Waals surface area contributed by atoms with E-state index in [2.05, 4.69) is 11.1 Å². The summed E-state index contributed by atoms with van der Waals surface area (Å²) in [5, 5.41) is 10.9. The van der Waals surface area contributed by atoms with Gasteiger partial charge in [-0.05, 0) is 42.7 Å². The molecule has 0 amide bonds. The molecule has 0 radical (unpaired) electrons. The Bertz CT molecular complexity index is 821. The first-order valence-corrected chi connectivity index (χ1v) is 6.64. The Morgan fingerprint density at radius 3 is 3.00 bits per heavy atom. The quantitative estimate of drug-likeness (QED) is 0.736. The Morgan fingerprint density at radius 2 is 2.15 bits per heavy atom. The number of nitrogens with zero attached hydrogens (tertiary/aromatic N) is 2. The number of phenols is 1. The smallest absolute Gasteiger partial charge is 0.117 e. The lowest BCUT2D eigenvalue weighted by molar-refractivity contribution is 0.182. The van der Waals surface area contributed by atoms with Crippen molar-refractivity contribution in [1.82, 2.24) is 9.71 Å². The molecule has 1 aromatic carbocycles. The van der Waals surface area contributed by atoms with E-state index < -0.39 is 0 Å². The van der Waals surface area contributed by atoms with Gasteiger partial charge in [0.2, 0.25) is 0 Å². The van der Waals surface area contributed by atoms with Crippen molar-refractivity contribution in [2.24, 2.45) is 0 Å². The van der Waals surface area contributed by atoms with Gasteiger partial charge in [-0.15, -0.1) is 0 Å². The Balaban J connectivity index is 2.14. The standard InChI is InChI=1S/C16H14N2O2/c1-20-18-15-9-10(19)4-5-11(15)12-6-7-14-13(16(12)18)3-2-8-17-14/h2-5,8-9,19H,6-7H2,1H3. The number of benzene rings is 1. The molecule has 4 rings (SSSR count). The molecule has 3 aromatic rings. The summed E-state index contributed by atoms with van der Waals surface area (Å²) in [4.78, 5) is 10.0. The van der Waals surface area contributed by atoms with Crippen LogP contribution in [0.1, 0.15) is 11.3 Å². The summed E-state index contributed by atoms with van der Waals surface area (Å²) in [6.07, 6.45) is 3.71. The first-order valence-electron chi connectivity index (χ1n) is 6.64. The van der Waals surface area contributed by atoms with Crippen molar-refractivity contribution >= 4 is 10.9 Å². The van der Waals surface area contributed by atoms with Crippen LogP contribution < -0.4 is 4.84 Å². The number of aryl methyl sites for hydroxylation is 2. The third-order valence-electron chi connectivity index (χ3n) is 3.95. The van der Waals surface area contributed by atoms with Gasteiger partial charge in [0.25, 0.3) is 0 Å². The van der Waals surface area contributed by atoms with E-state index in [1.807, 2.05) is 18.3 Å². The lowest BCUT2D eigenvalue weighted by Crippen LogP contribution is -2.12. The second-order valence-corrected chi connectivity index (χ2v) is 5.00. The van der Waals surface area contributed by atoms with Crippen LogP contribution in [0.2, 0.25) is 0 Å². The monoisotopic (exact) mass is 266 g/mol. The third-order valence-corrected chi connectivity index (χ3v) is 3.95. The highest BCUT2D eigenvalue weighted by Crippen LogP contribution is 2.39. The highest BCUT2D eigenvalue weighted by molar-refractivity contribution is 5.93. The molecule has 1 N–H and O–H groups in total. The van der Waals surface area contributed by atoms with E-state index >= 15 is 0 Å². The number of aromatic nitrogens is 2. The van der Waals surface area contributed by atoms with Crippen molar-refractivity contribution in [2.75, 3.05) is 7.11 Å². The molecule has 1 aliphatic carbocycles. The van der Waals surface area contributed by atoms with Crippen molar-refractivity contribution in [2.45, 2.75) is 12.8 Å². The molecule has 1 aliphatic rings.